The summed E-state index contributed by atoms with van der Waals surface area (Å²) in [6.07, 6.45) is 4.69. The van der Waals surface area contributed by atoms with Gasteiger partial charge in [-0.1, -0.05) is 47.7 Å². The van der Waals surface area contributed by atoms with Gasteiger partial charge in [0.25, 0.3) is 0 Å². The number of likely N-dealkylation sites (N-methyl/N-ethyl adjacent to an activating group) is 1. The lowest BCUT2D eigenvalue weighted by Gasteiger charge is -2.15. The van der Waals surface area contributed by atoms with Crippen molar-refractivity contribution in [2.24, 2.45) is 0 Å². The van der Waals surface area contributed by atoms with E-state index in [1.54, 1.807) is 17.5 Å². The average molecular weight is 402 g/mol. The molecule has 0 atom stereocenters. The second-order valence-corrected chi connectivity index (χ2v) is 7.92. The summed E-state index contributed by atoms with van der Waals surface area (Å²) in [5, 5.41) is 4.27. The number of nitrogens with zero attached hydrogens (tertiary/aromatic N) is 4. The first-order valence-corrected chi connectivity index (χ1v) is 10.4. The summed E-state index contributed by atoms with van der Waals surface area (Å²) >= 11 is 1.66. The fourth-order valence-electron chi connectivity index (χ4n) is 2.97. The maximum absolute atomic E-state index is 4.73. The van der Waals surface area contributed by atoms with E-state index >= 15 is 0 Å². The summed E-state index contributed by atoms with van der Waals surface area (Å²) in [5.41, 5.74) is 3.40. The van der Waals surface area contributed by atoms with E-state index in [0.29, 0.717) is 0 Å². The van der Waals surface area contributed by atoms with Crippen LogP contribution < -0.4 is 10.2 Å². The fourth-order valence-corrected chi connectivity index (χ4v) is 3.85. The van der Waals surface area contributed by atoms with Crippen molar-refractivity contribution < 1.29 is 0 Å². The summed E-state index contributed by atoms with van der Waals surface area (Å²) in [4.78, 5) is 16.9. The Bertz CT molecular complexity index is 1080. The lowest BCUT2D eigenvalue weighted by Crippen LogP contribution is -2.19. The van der Waals surface area contributed by atoms with Crippen molar-refractivity contribution in [2.45, 2.75) is 13.3 Å². The molecule has 3 aromatic heterocycles. The largest absolute Gasteiger partial charge is 0.351 e. The van der Waals surface area contributed by atoms with Crippen LogP contribution in [0.15, 0.2) is 73.1 Å². The highest BCUT2D eigenvalue weighted by Gasteiger charge is 2.10. The van der Waals surface area contributed by atoms with Gasteiger partial charge in [-0.05, 0) is 48.7 Å². The zero-order valence-electron chi connectivity index (χ0n) is 16.5. The average Bonchev–Trinajstić information content (AvgIpc) is 3.24. The molecule has 5 nitrogen and oxygen atoms in total. The molecule has 0 aliphatic rings. The zero-order valence-corrected chi connectivity index (χ0v) is 17.4. The lowest BCUT2D eigenvalue weighted by atomic mass is 10.1. The number of anilines is 3. The standard InChI is InChI=1S/C23H23N5S/c1-17-11-13-24-22(15-17)27-21-10-6-9-19(26-21)20-16-25-23(29-20)28(2)14-12-18-7-4-3-5-8-18/h3-11,13,15-16H,12,14H2,1-2H3,(H,24,26,27). The Morgan fingerprint density at radius 3 is 2.66 bits per heavy atom. The molecule has 4 rings (SSSR count). The molecule has 0 fully saturated rings. The summed E-state index contributed by atoms with van der Waals surface area (Å²) < 4.78 is 0. The van der Waals surface area contributed by atoms with E-state index in [-0.39, 0.29) is 0 Å². The van der Waals surface area contributed by atoms with Crippen molar-refractivity contribution in [1.82, 2.24) is 15.0 Å². The number of pyridine rings is 2. The van der Waals surface area contributed by atoms with Crippen LogP contribution in [0.3, 0.4) is 0 Å². The van der Waals surface area contributed by atoms with Crippen LogP contribution in [0.25, 0.3) is 10.6 Å². The van der Waals surface area contributed by atoms with E-state index in [0.717, 1.165) is 45.9 Å². The first kappa shape index (κ1) is 19.1. The Morgan fingerprint density at radius 1 is 0.966 bits per heavy atom. The number of hydrogen-bond acceptors (Lipinski definition) is 6. The van der Waals surface area contributed by atoms with Gasteiger partial charge in [-0.15, -0.1) is 0 Å². The van der Waals surface area contributed by atoms with Crippen molar-refractivity contribution in [1.29, 1.82) is 0 Å². The van der Waals surface area contributed by atoms with Gasteiger partial charge in [-0.3, -0.25) is 0 Å². The van der Waals surface area contributed by atoms with Gasteiger partial charge in [0.05, 0.1) is 10.6 Å². The molecule has 29 heavy (non-hydrogen) atoms. The SMILES string of the molecule is Cc1ccnc(Nc2cccc(-c3cnc(N(C)CCc4ccccc4)s3)n2)c1. The molecule has 0 aliphatic carbocycles. The topological polar surface area (TPSA) is 53.9 Å². The van der Waals surface area contributed by atoms with Crippen LogP contribution in [-0.2, 0) is 6.42 Å². The quantitative estimate of drug-likeness (QED) is 0.453. The van der Waals surface area contributed by atoms with E-state index in [2.05, 4.69) is 51.5 Å². The Hall–Kier alpha value is -3.25. The highest BCUT2D eigenvalue weighted by atomic mass is 32.1. The highest BCUT2D eigenvalue weighted by Crippen LogP contribution is 2.30. The number of benzene rings is 1. The summed E-state index contributed by atoms with van der Waals surface area (Å²) in [6.45, 7) is 2.97. The minimum Gasteiger partial charge on any atom is -0.351 e. The van der Waals surface area contributed by atoms with Crippen LogP contribution in [0.1, 0.15) is 11.1 Å². The molecule has 1 N–H and O–H groups in total. The predicted molar refractivity (Wildman–Crippen MR) is 121 cm³/mol. The highest BCUT2D eigenvalue weighted by molar-refractivity contribution is 7.18. The van der Waals surface area contributed by atoms with E-state index in [4.69, 9.17) is 4.98 Å². The van der Waals surface area contributed by atoms with Gasteiger partial charge in [-0.25, -0.2) is 15.0 Å². The van der Waals surface area contributed by atoms with Crippen molar-refractivity contribution >= 4 is 28.1 Å². The monoisotopic (exact) mass is 401 g/mol. The molecule has 1 aromatic carbocycles. The molecular weight excluding hydrogens is 378 g/mol. The molecule has 0 spiro atoms. The Morgan fingerprint density at radius 2 is 1.83 bits per heavy atom. The minimum absolute atomic E-state index is 0.771. The van der Waals surface area contributed by atoms with Crippen LogP contribution >= 0.6 is 11.3 Å². The Labute approximate surface area is 175 Å². The maximum atomic E-state index is 4.73. The molecule has 0 unspecified atom stereocenters. The third-order valence-corrected chi connectivity index (χ3v) is 5.71. The molecule has 0 radical (unpaired) electrons. The normalized spacial score (nSPS) is 10.7. The molecule has 0 saturated carbocycles. The molecule has 0 aliphatic heterocycles. The fraction of sp³-hybridized carbons (Fsp3) is 0.174. The van der Waals surface area contributed by atoms with Crippen LogP contribution in [-0.4, -0.2) is 28.5 Å². The zero-order chi connectivity index (χ0) is 20.1. The van der Waals surface area contributed by atoms with E-state index < -0.39 is 0 Å². The van der Waals surface area contributed by atoms with Crippen LogP contribution in [0.2, 0.25) is 0 Å². The molecule has 3 heterocycles. The molecular formula is C23H23N5S. The molecule has 6 heteroatoms. The lowest BCUT2D eigenvalue weighted by molar-refractivity contribution is 0.871. The van der Waals surface area contributed by atoms with Gasteiger partial charge in [0.1, 0.15) is 11.6 Å². The number of thiazole rings is 1. The molecule has 4 aromatic rings. The van der Waals surface area contributed by atoms with Crippen molar-refractivity contribution in [3.8, 4) is 10.6 Å². The number of aromatic nitrogens is 3. The number of nitrogens with one attached hydrogen (secondary N) is 1. The molecule has 146 valence electrons. The van der Waals surface area contributed by atoms with Gasteiger partial charge in [0.2, 0.25) is 0 Å². The minimum atomic E-state index is 0.771. The van der Waals surface area contributed by atoms with E-state index in [1.807, 2.05) is 49.5 Å². The van der Waals surface area contributed by atoms with Gasteiger partial charge in [0.15, 0.2) is 5.13 Å². The first-order valence-electron chi connectivity index (χ1n) is 9.55. The number of rotatable bonds is 7. The summed E-state index contributed by atoms with van der Waals surface area (Å²) in [6, 6.07) is 20.5. The van der Waals surface area contributed by atoms with Crippen LogP contribution in [0.5, 0.6) is 0 Å². The first-order chi connectivity index (χ1) is 14.2. The second kappa shape index (κ2) is 8.84. The maximum Gasteiger partial charge on any atom is 0.185 e. The van der Waals surface area contributed by atoms with Crippen molar-refractivity contribution in [3.05, 3.63) is 84.2 Å². The second-order valence-electron chi connectivity index (χ2n) is 6.92. The van der Waals surface area contributed by atoms with Gasteiger partial charge in [0, 0.05) is 26.0 Å². The number of hydrogen-bond donors (Lipinski definition) is 1. The van der Waals surface area contributed by atoms with Crippen LogP contribution in [0, 0.1) is 6.92 Å². The molecule has 0 saturated heterocycles. The molecule has 0 amide bonds. The van der Waals surface area contributed by atoms with E-state index in [1.165, 1.54) is 5.56 Å². The smallest absolute Gasteiger partial charge is 0.185 e. The van der Waals surface area contributed by atoms with Gasteiger partial charge in [-0.2, -0.15) is 0 Å². The van der Waals surface area contributed by atoms with E-state index in [9.17, 15) is 0 Å². The third kappa shape index (κ3) is 4.97. The van der Waals surface area contributed by atoms with Crippen molar-refractivity contribution in [2.75, 3.05) is 23.8 Å². The molecule has 0 bridgehead atoms. The Balaban J connectivity index is 1.44. The van der Waals surface area contributed by atoms with Crippen LogP contribution in [0.4, 0.5) is 16.8 Å². The van der Waals surface area contributed by atoms with Crippen molar-refractivity contribution in [3.63, 3.8) is 0 Å². The predicted octanol–water partition coefficient (Wildman–Crippen LogP) is 5.33. The third-order valence-electron chi connectivity index (χ3n) is 4.57. The summed E-state index contributed by atoms with van der Waals surface area (Å²) in [7, 11) is 2.08. The van der Waals surface area contributed by atoms with Gasteiger partial charge < -0.3 is 10.2 Å². The summed E-state index contributed by atoms with van der Waals surface area (Å²) in [5.74, 6) is 1.56. The number of aryl methyl sites for hydroxylation is 1. The van der Waals surface area contributed by atoms with Gasteiger partial charge >= 0.3 is 0 Å². The Kier molecular flexibility index (Phi) is 5.81.